The van der Waals surface area contributed by atoms with Gasteiger partial charge in [-0.3, -0.25) is 20.3 Å². The Labute approximate surface area is 256 Å². The van der Waals surface area contributed by atoms with E-state index in [-0.39, 0.29) is 29.1 Å². The van der Waals surface area contributed by atoms with Gasteiger partial charge in [-0.15, -0.1) is 0 Å². The number of hydrogen-bond donors (Lipinski definition) is 5. The lowest BCUT2D eigenvalue weighted by Gasteiger charge is -2.55. The minimum atomic E-state index is -0.636. The Morgan fingerprint density at radius 3 is 2.20 bits per heavy atom. The number of nitrogens with zero attached hydrogens (tertiary/aromatic N) is 2. The van der Waals surface area contributed by atoms with E-state index in [4.69, 9.17) is 21.3 Å². The fraction of sp³-hybridized carbons (Fsp3) is 0.294. The summed E-state index contributed by atoms with van der Waals surface area (Å²) < 4.78 is 5.82. The van der Waals surface area contributed by atoms with Gasteiger partial charge in [-0.25, -0.2) is 0 Å². The quantitative estimate of drug-likeness (QED) is 0.150. The number of carbonyl (C=O) groups excluding carboxylic acids is 2. The van der Waals surface area contributed by atoms with Crippen molar-refractivity contribution in [1.82, 2.24) is 5.32 Å². The molecule has 3 aromatic carbocycles. The number of anilines is 2. The van der Waals surface area contributed by atoms with Crippen LogP contribution in [0.5, 0.6) is 11.5 Å². The summed E-state index contributed by atoms with van der Waals surface area (Å²) in [6.07, 6.45) is 3.77. The van der Waals surface area contributed by atoms with E-state index in [9.17, 15) is 14.7 Å². The fourth-order valence-corrected chi connectivity index (χ4v) is 6.28. The molecule has 0 saturated carbocycles. The van der Waals surface area contributed by atoms with E-state index in [1.165, 1.54) is 12.1 Å². The second kappa shape index (κ2) is 11.9. The number of hydrogen-bond acceptors (Lipinski definition) is 8. The van der Waals surface area contributed by atoms with E-state index in [0.29, 0.717) is 35.1 Å². The van der Waals surface area contributed by atoms with Gasteiger partial charge in [0, 0.05) is 66.9 Å². The SMILES string of the molecule is N=C(N)/C(=C\C(=N)c1ccccc1O)c1ccc(N2CC3(CCN(c4ccc(OC5CCC(=O)NC5=O)cc4)CC3)C2)cc1. The topological polar surface area (TPSA) is 156 Å². The average Bonchev–Trinajstić information content (AvgIpc) is 3.01. The molecule has 3 saturated heterocycles. The molecule has 6 N–H and O–H groups in total. The Bertz CT molecular complexity index is 1620. The molecule has 3 fully saturated rings. The first-order valence-electron chi connectivity index (χ1n) is 14.8. The number of nitrogens with two attached hydrogens (primary N) is 1. The normalized spacial score (nSPS) is 19.7. The van der Waals surface area contributed by atoms with Crippen molar-refractivity contribution in [1.29, 1.82) is 10.8 Å². The molecule has 10 heteroatoms. The fourth-order valence-electron chi connectivity index (χ4n) is 6.28. The smallest absolute Gasteiger partial charge is 0.267 e. The van der Waals surface area contributed by atoms with Crippen LogP contribution in [0.25, 0.3) is 5.57 Å². The molecule has 0 aliphatic carbocycles. The maximum atomic E-state index is 12.0. The Balaban J connectivity index is 1.02. The maximum Gasteiger partial charge on any atom is 0.267 e. The lowest BCUT2D eigenvalue weighted by atomic mass is 9.71. The summed E-state index contributed by atoms with van der Waals surface area (Å²) in [5, 5.41) is 28.9. The lowest BCUT2D eigenvalue weighted by molar-refractivity contribution is -0.138. The van der Waals surface area contributed by atoms with Gasteiger partial charge in [0.2, 0.25) is 5.91 Å². The Kier molecular flexibility index (Phi) is 7.82. The third kappa shape index (κ3) is 6.01. The van der Waals surface area contributed by atoms with E-state index in [2.05, 4.69) is 15.1 Å². The average molecular weight is 593 g/mol. The van der Waals surface area contributed by atoms with E-state index < -0.39 is 6.10 Å². The molecule has 0 aromatic heterocycles. The number of para-hydroxylation sites is 1. The van der Waals surface area contributed by atoms with Crippen molar-refractivity contribution in [2.75, 3.05) is 36.0 Å². The third-order valence-electron chi connectivity index (χ3n) is 8.86. The van der Waals surface area contributed by atoms with Gasteiger partial charge in [0.25, 0.3) is 5.91 Å². The lowest BCUT2D eigenvalue weighted by Crippen LogP contribution is -2.60. The molecular weight excluding hydrogens is 556 g/mol. The summed E-state index contributed by atoms with van der Waals surface area (Å²) in [5.74, 6) is -0.130. The zero-order valence-electron chi connectivity index (χ0n) is 24.4. The van der Waals surface area contributed by atoms with Crippen LogP contribution in [0.1, 0.15) is 36.8 Å². The third-order valence-corrected chi connectivity index (χ3v) is 8.86. The molecule has 1 atom stereocenters. The predicted octanol–water partition coefficient (Wildman–Crippen LogP) is 4.07. The first-order chi connectivity index (χ1) is 21.2. The molecule has 1 spiro atoms. The number of ether oxygens (including phenoxy) is 1. The van der Waals surface area contributed by atoms with E-state index in [0.717, 1.165) is 56.0 Å². The molecular formula is C34H36N6O4. The molecule has 0 bridgehead atoms. The van der Waals surface area contributed by atoms with Crippen LogP contribution in [-0.2, 0) is 9.59 Å². The second-order valence-electron chi connectivity index (χ2n) is 11.8. The van der Waals surface area contributed by atoms with Crippen LogP contribution in [-0.4, -0.2) is 60.8 Å². The van der Waals surface area contributed by atoms with Crippen LogP contribution in [0.3, 0.4) is 0 Å². The van der Waals surface area contributed by atoms with Gasteiger partial charge in [0.05, 0.1) is 5.71 Å². The number of nitrogens with one attached hydrogen (secondary N) is 3. The molecule has 1 unspecified atom stereocenters. The second-order valence-corrected chi connectivity index (χ2v) is 11.8. The summed E-state index contributed by atoms with van der Waals surface area (Å²) in [4.78, 5) is 28.1. The minimum Gasteiger partial charge on any atom is -0.507 e. The molecule has 3 aromatic rings. The monoisotopic (exact) mass is 592 g/mol. The molecule has 0 radical (unpaired) electrons. The van der Waals surface area contributed by atoms with Crippen molar-refractivity contribution in [2.24, 2.45) is 11.1 Å². The van der Waals surface area contributed by atoms with Crippen molar-refractivity contribution in [3.63, 3.8) is 0 Å². The van der Waals surface area contributed by atoms with E-state index >= 15 is 0 Å². The summed E-state index contributed by atoms with van der Waals surface area (Å²) >= 11 is 0. The number of aromatic hydroxyl groups is 1. The highest BCUT2D eigenvalue weighted by Gasteiger charge is 2.45. The first kappa shape index (κ1) is 29.0. The highest BCUT2D eigenvalue weighted by Crippen LogP contribution is 2.43. The number of phenolic OH excluding ortho intramolecular Hbond substituents is 1. The van der Waals surface area contributed by atoms with Crippen LogP contribution in [0.2, 0.25) is 0 Å². The molecule has 3 aliphatic rings. The summed E-state index contributed by atoms with van der Waals surface area (Å²) in [6.45, 7) is 3.92. The van der Waals surface area contributed by atoms with Crippen molar-refractivity contribution in [2.45, 2.75) is 31.8 Å². The van der Waals surface area contributed by atoms with Gasteiger partial charge in [-0.2, -0.15) is 0 Å². The van der Waals surface area contributed by atoms with Gasteiger partial charge >= 0.3 is 0 Å². The standard InChI is InChI=1S/C34H36N6O4/c35-28(26-3-1-2-4-29(26)41)19-27(32(36)37)22-5-7-24(8-6-22)40-20-34(21-40)15-17-39(18-16-34)23-9-11-25(12-10-23)44-30-13-14-31(42)38-33(30)43/h1-12,19,30,35,41H,13-18,20-21H2,(H3,36,37)(H,38,42,43)/b27-19-,35-28?. The number of benzene rings is 3. The highest BCUT2D eigenvalue weighted by atomic mass is 16.5. The van der Waals surface area contributed by atoms with Crippen LogP contribution in [0, 0.1) is 16.2 Å². The molecule has 3 heterocycles. The van der Waals surface area contributed by atoms with Crippen LogP contribution in [0.4, 0.5) is 11.4 Å². The molecule has 226 valence electrons. The highest BCUT2D eigenvalue weighted by molar-refractivity contribution is 6.27. The number of rotatable bonds is 8. The number of carbonyl (C=O) groups is 2. The number of imide groups is 1. The van der Waals surface area contributed by atoms with Gasteiger partial charge in [-0.05, 0) is 73.0 Å². The maximum absolute atomic E-state index is 12.0. The zero-order valence-corrected chi connectivity index (χ0v) is 24.4. The Hall–Kier alpha value is -5.12. The number of allylic oxidation sites excluding steroid dienone is 1. The Morgan fingerprint density at radius 1 is 0.932 bits per heavy atom. The molecule has 6 rings (SSSR count). The zero-order chi connectivity index (χ0) is 30.8. The van der Waals surface area contributed by atoms with Crippen LogP contribution >= 0.6 is 0 Å². The molecule has 44 heavy (non-hydrogen) atoms. The van der Waals surface area contributed by atoms with Gasteiger partial charge < -0.3 is 30.8 Å². The Morgan fingerprint density at radius 2 is 1.57 bits per heavy atom. The molecule has 10 nitrogen and oxygen atoms in total. The van der Waals surface area contributed by atoms with Crippen LogP contribution < -0.4 is 25.6 Å². The van der Waals surface area contributed by atoms with Crippen molar-refractivity contribution in [3.8, 4) is 11.5 Å². The number of phenols is 1. The predicted molar refractivity (Wildman–Crippen MR) is 171 cm³/mol. The summed E-state index contributed by atoms with van der Waals surface area (Å²) in [7, 11) is 0. The molecule has 3 aliphatic heterocycles. The number of amides is 2. The number of piperidine rings is 2. The summed E-state index contributed by atoms with van der Waals surface area (Å²) in [5.41, 5.74) is 10.1. The largest absolute Gasteiger partial charge is 0.507 e. The van der Waals surface area contributed by atoms with Gasteiger partial charge in [-0.1, -0.05) is 24.3 Å². The summed E-state index contributed by atoms with van der Waals surface area (Å²) in [6, 6.07) is 22.4. The molecule has 2 amide bonds. The van der Waals surface area contributed by atoms with Crippen molar-refractivity contribution < 1.29 is 19.4 Å². The van der Waals surface area contributed by atoms with E-state index in [1.54, 1.807) is 18.2 Å². The first-order valence-corrected chi connectivity index (χ1v) is 14.8. The van der Waals surface area contributed by atoms with Crippen molar-refractivity contribution >= 4 is 40.3 Å². The van der Waals surface area contributed by atoms with Crippen LogP contribution in [0.15, 0.2) is 78.9 Å². The van der Waals surface area contributed by atoms with Gasteiger partial charge in [0.15, 0.2) is 6.10 Å². The minimum absolute atomic E-state index is 0.0130. The van der Waals surface area contributed by atoms with Gasteiger partial charge in [0.1, 0.15) is 17.3 Å². The van der Waals surface area contributed by atoms with Crippen molar-refractivity contribution in [3.05, 3.63) is 90.0 Å². The van der Waals surface area contributed by atoms with E-state index in [1.807, 2.05) is 48.5 Å². The number of amidine groups is 1.